The SMILES string of the molecule is O=C1NCCN(S(=O)(=O)c2cccc(Cl)c2)C1c1ccccc1. The molecule has 1 aliphatic rings. The number of benzene rings is 2. The van der Waals surface area contributed by atoms with Crippen LogP contribution in [-0.4, -0.2) is 31.7 Å². The summed E-state index contributed by atoms with van der Waals surface area (Å²) in [6, 6.07) is 14.1. The zero-order valence-electron chi connectivity index (χ0n) is 12.1. The number of halogens is 1. The van der Waals surface area contributed by atoms with Crippen LogP contribution in [0.15, 0.2) is 59.5 Å². The van der Waals surface area contributed by atoms with Gasteiger partial charge in [-0.3, -0.25) is 4.79 Å². The molecule has 0 radical (unpaired) electrons. The summed E-state index contributed by atoms with van der Waals surface area (Å²) in [6.07, 6.45) is 0. The first-order valence-corrected chi connectivity index (χ1v) is 8.92. The normalized spacial score (nSPS) is 19.3. The molecule has 0 saturated carbocycles. The lowest BCUT2D eigenvalue weighted by molar-refractivity contribution is -0.126. The Morgan fingerprint density at radius 3 is 2.52 bits per heavy atom. The first kappa shape index (κ1) is 16.0. The van der Waals surface area contributed by atoms with Crippen molar-refractivity contribution in [3.63, 3.8) is 0 Å². The van der Waals surface area contributed by atoms with Crippen molar-refractivity contribution in [1.29, 1.82) is 0 Å². The topological polar surface area (TPSA) is 66.5 Å². The molecule has 7 heteroatoms. The summed E-state index contributed by atoms with van der Waals surface area (Å²) >= 11 is 5.91. The maximum absolute atomic E-state index is 13.0. The van der Waals surface area contributed by atoms with E-state index in [9.17, 15) is 13.2 Å². The third-order valence-electron chi connectivity index (χ3n) is 3.69. The highest BCUT2D eigenvalue weighted by atomic mass is 35.5. The van der Waals surface area contributed by atoms with Gasteiger partial charge in [-0.15, -0.1) is 0 Å². The molecule has 0 aromatic heterocycles. The molecule has 5 nitrogen and oxygen atoms in total. The summed E-state index contributed by atoms with van der Waals surface area (Å²) in [6.45, 7) is 0.488. The average molecular weight is 351 g/mol. The molecule has 1 amide bonds. The van der Waals surface area contributed by atoms with E-state index >= 15 is 0 Å². The Kier molecular flexibility index (Phi) is 4.39. The fourth-order valence-corrected chi connectivity index (χ4v) is 4.50. The van der Waals surface area contributed by atoms with Crippen LogP contribution < -0.4 is 5.32 Å². The summed E-state index contributed by atoms with van der Waals surface area (Å²) < 4.78 is 27.1. The highest BCUT2D eigenvalue weighted by Gasteiger charge is 2.39. The molecule has 1 fully saturated rings. The smallest absolute Gasteiger partial charge is 0.244 e. The first-order valence-electron chi connectivity index (χ1n) is 7.10. The number of rotatable bonds is 3. The third-order valence-corrected chi connectivity index (χ3v) is 5.78. The number of sulfonamides is 1. The van der Waals surface area contributed by atoms with Crippen molar-refractivity contribution < 1.29 is 13.2 Å². The Balaban J connectivity index is 2.06. The van der Waals surface area contributed by atoms with Crippen molar-refractivity contribution in [3.05, 3.63) is 65.2 Å². The molecule has 23 heavy (non-hydrogen) atoms. The minimum Gasteiger partial charge on any atom is -0.353 e. The quantitative estimate of drug-likeness (QED) is 0.922. The molecule has 0 bridgehead atoms. The number of hydrogen-bond acceptors (Lipinski definition) is 3. The summed E-state index contributed by atoms with van der Waals surface area (Å²) in [7, 11) is -3.83. The lowest BCUT2D eigenvalue weighted by Gasteiger charge is -2.34. The molecule has 2 aromatic rings. The number of hydrogen-bond donors (Lipinski definition) is 1. The largest absolute Gasteiger partial charge is 0.353 e. The Labute approximate surface area is 139 Å². The molecule has 2 aromatic carbocycles. The van der Waals surface area contributed by atoms with Gasteiger partial charge in [-0.05, 0) is 23.8 Å². The van der Waals surface area contributed by atoms with E-state index in [2.05, 4.69) is 5.32 Å². The van der Waals surface area contributed by atoms with Gasteiger partial charge in [-0.1, -0.05) is 48.0 Å². The molecular weight excluding hydrogens is 336 g/mol. The number of nitrogens with one attached hydrogen (secondary N) is 1. The van der Waals surface area contributed by atoms with Crippen LogP contribution in [0.1, 0.15) is 11.6 Å². The van der Waals surface area contributed by atoms with E-state index in [-0.39, 0.29) is 23.9 Å². The lowest BCUT2D eigenvalue weighted by Crippen LogP contribution is -2.52. The predicted molar refractivity (Wildman–Crippen MR) is 87.5 cm³/mol. The Hall–Kier alpha value is -1.89. The van der Waals surface area contributed by atoms with Crippen LogP contribution in [0.4, 0.5) is 0 Å². The van der Waals surface area contributed by atoms with Crippen molar-refractivity contribution >= 4 is 27.5 Å². The lowest BCUT2D eigenvalue weighted by atomic mass is 10.1. The van der Waals surface area contributed by atoms with Gasteiger partial charge in [-0.25, -0.2) is 8.42 Å². The second kappa shape index (κ2) is 6.31. The van der Waals surface area contributed by atoms with Gasteiger partial charge in [0.05, 0.1) is 4.90 Å². The van der Waals surface area contributed by atoms with Crippen molar-refractivity contribution in [2.24, 2.45) is 0 Å². The number of amides is 1. The van der Waals surface area contributed by atoms with Gasteiger partial charge in [-0.2, -0.15) is 4.31 Å². The van der Waals surface area contributed by atoms with E-state index in [1.165, 1.54) is 16.4 Å². The first-order chi connectivity index (χ1) is 11.0. The van der Waals surface area contributed by atoms with Crippen LogP contribution in [0.2, 0.25) is 5.02 Å². The number of carbonyl (C=O) groups excluding carboxylic acids is 1. The van der Waals surface area contributed by atoms with E-state index in [4.69, 9.17) is 11.6 Å². The fraction of sp³-hybridized carbons (Fsp3) is 0.188. The highest BCUT2D eigenvalue weighted by molar-refractivity contribution is 7.89. The van der Waals surface area contributed by atoms with Gasteiger partial charge >= 0.3 is 0 Å². The number of carbonyl (C=O) groups is 1. The maximum atomic E-state index is 13.0. The summed E-state index contributed by atoms with van der Waals surface area (Å²) in [5, 5.41) is 3.06. The van der Waals surface area contributed by atoms with Crippen molar-refractivity contribution in [2.75, 3.05) is 13.1 Å². The molecule has 1 atom stereocenters. The Morgan fingerprint density at radius 2 is 1.83 bits per heavy atom. The van der Waals surface area contributed by atoms with Gasteiger partial charge in [0.25, 0.3) is 0 Å². The van der Waals surface area contributed by atoms with Crippen LogP contribution in [-0.2, 0) is 14.8 Å². The minimum absolute atomic E-state index is 0.0839. The molecule has 120 valence electrons. The van der Waals surface area contributed by atoms with Crippen LogP contribution in [0.5, 0.6) is 0 Å². The molecule has 1 unspecified atom stereocenters. The molecular formula is C16H15ClN2O3S. The molecule has 0 spiro atoms. The van der Waals surface area contributed by atoms with E-state index < -0.39 is 16.1 Å². The van der Waals surface area contributed by atoms with Crippen molar-refractivity contribution in [3.8, 4) is 0 Å². The van der Waals surface area contributed by atoms with Crippen LogP contribution in [0, 0.1) is 0 Å². The Morgan fingerprint density at radius 1 is 1.09 bits per heavy atom. The number of nitrogens with zero attached hydrogens (tertiary/aromatic N) is 1. The van der Waals surface area contributed by atoms with Crippen LogP contribution in [0.3, 0.4) is 0 Å². The van der Waals surface area contributed by atoms with Crippen LogP contribution >= 0.6 is 11.6 Å². The maximum Gasteiger partial charge on any atom is 0.244 e. The van der Waals surface area contributed by atoms with Crippen molar-refractivity contribution in [2.45, 2.75) is 10.9 Å². The van der Waals surface area contributed by atoms with Gasteiger partial charge in [0.15, 0.2) is 0 Å². The predicted octanol–water partition coefficient (Wildman–Crippen LogP) is 2.20. The number of piperazine rings is 1. The fourth-order valence-electron chi connectivity index (χ4n) is 2.62. The Bertz CT molecular complexity index is 824. The molecule has 1 saturated heterocycles. The van der Waals surface area contributed by atoms with E-state index in [0.29, 0.717) is 10.6 Å². The second-order valence-corrected chi connectivity index (χ2v) is 7.50. The third kappa shape index (κ3) is 3.10. The van der Waals surface area contributed by atoms with Gasteiger partial charge in [0.1, 0.15) is 6.04 Å². The summed E-state index contributed by atoms with van der Waals surface area (Å²) in [5.74, 6) is -0.326. The monoisotopic (exact) mass is 350 g/mol. The van der Waals surface area contributed by atoms with E-state index in [1.807, 2.05) is 6.07 Å². The highest BCUT2D eigenvalue weighted by Crippen LogP contribution is 2.30. The average Bonchev–Trinajstić information content (AvgIpc) is 2.55. The van der Waals surface area contributed by atoms with E-state index in [1.54, 1.807) is 36.4 Å². The molecule has 1 N–H and O–H groups in total. The summed E-state index contributed by atoms with van der Waals surface area (Å²) in [4.78, 5) is 12.4. The van der Waals surface area contributed by atoms with E-state index in [0.717, 1.165) is 0 Å². The van der Waals surface area contributed by atoms with Crippen LogP contribution in [0.25, 0.3) is 0 Å². The van der Waals surface area contributed by atoms with Gasteiger partial charge in [0.2, 0.25) is 15.9 Å². The summed E-state index contributed by atoms with van der Waals surface area (Å²) in [5.41, 5.74) is 0.635. The zero-order chi connectivity index (χ0) is 16.4. The van der Waals surface area contributed by atoms with Crippen molar-refractivity contribution in [1.82, 2.24) is 9.62 Å². The molecule has 1 aliphatic heterocycles. The standard InChI is InChI=1S/C16H15ClN2O3S/c17-13-7-4-8-14(11-13)23(21,22)19-10-9-18-16(20)15(19)12-5-2-1-3-6-12/h1-8,11,15H,9-10H2,(H,18,20). The van der Waals surface area contributed by atoms with Gasteiger partial charge in [0, 0.05) is 18.1 Å². The molecule has 1 heterocycles. The minimum atomic E-state index is -3.83. The van der Waals surface area contributed by atoms with Gasteiger partial charge < -0.3 is 5.32 Å². The molecule has 0 aliphatic carbocycles. The zero-order valence-corrected chi connectivity index (χ0v) is 13.7. The molecule has 3 rings (SSSR count). The second-order valence-electron chi connectivity index (χ2n) is 5.18.